The Labute approximate surface area is 98.9 Å². The molecule has 0 saturated carbocycles. The molecule has 0 amide bonds. The van der Waals surface area contributed by atoms with Gasteiger partial charge in [0.25, 0.3) is 0 Å². The molecule has 0 radical (unpaired) electrons. The number of hydrogen-bond donors (Lipinski definition) is 0. The van der Waals surface area contributed by atoms with Crippen LogP contribution < -0.4 is 0 Å². The lowest BCUT2D eigenvalue weighted by atomic mass is 9.51. The molecule has 0 aromatic rings. The van der Waals surface area contributed by atoms with Crippen LogP contribution in [0.15, 0.2) is 36.5 Å². The van der Waals surface area contributed by atoms with Crippen molar-refractivity contribution in [3.63, 3.8) is 0 Å². The van der Waals surface area contributed by atoms with E-state index >= 15 is 0 Å². The van der Waals surface area contributed by atoms with Gasteiger partial charge in [-0.25, -0.2) is 0 Å². The molecule has 0 aromatic carbocycles. The van der Waals surface area contributed by atoms with Crippen molar-refractivity contribution in [2.24, 2.45) is 10.8 Å². The summed E-state index contributed by atoms with van der Waals surface area (Å²) in [5, 5.41) is 0. The Kier molecular flexibility index (Phi) is 1.91. The second-order valence-corrected chi connectivity index (χ2v) is 5.14. The van der Waals surface area contributed by atoms with Crippen LogP contribution in [0.2, 0.25) is 0 Å². The topological polar surface area (TPSA) is 51.2 Å². The van der Waals surface area contributed by atoms with Crippen molar-refractivity contribution in [2.45, 2.75) is 19.3 Å². The number of rotatable bonds is 0. The summed E-state index contributed by atoms with van der Waals surface area (Å²) in [7, 11) is 0. The summed E-state index contributed by atoms with van der Waals surface area (Å²) in [6.45, 7) is 0. The fourth-order valence-corrected chi connectivity index (χ4v) is 3.21. The molecule has 86 valence electrons. The standard InChI is InChI=1S/C14H12O3/c15-10-1-4-13-5-2-11(16)8-14(13,7-10)9-12(17)3-6-13/h1-6H,7-9H2. The predicted molar refractivity (Wildman–Crippen MR) is 61.2 cm³/mol. The van der Waals surface area contributed by atoms with Crippen LogP contribution in [-0.2, 0) is 14.4 Å². The molecule has 0 unspecified atom stereocenters. The molecule has 0 N–H and O–H groups in total. The zero-order valence-electron chi connectivity index (χ0n) is 9.31. The van der Waals surface area contributed by atoms with Gasteiger partial charge in [-0.2, -0.15) is 0 Å². The highest BCUT2D eigenvalue weighted by atomic mass is 16.1. The molecule has 3 nitrogen and oxygen atoms in total. The average Bonchev–Trinajstić information content (AvgIpc) is 2.26. The summed E-state index contributed by atoms with van der Waals surface area (Å²) in [5.41, 5.74) is -0.959. The zero-order chi connectivity index (χ0) is 12.1. The predicted octanol–water partition coefficient (Wildman–Crippen LogP) is 1.55. The molecule has 17 heavy (non-hydrogen) atoms. The van der Waals surface area contributed by atoms with Crippen LogP contribution in [0.1, 0.15) is 19.3 Å². The molecule has 0 heterocycles. The second kappa shape index (κ2) is 3.13. The first-order valence-electron chi connectivity index (χ1n) is 5.72. The van der Waals surface area contributed by atoms with Crippen LogP contribution in [0, 0.1) is 10.8 Å². The number of hydrogen-bond acceptors (Lipinski definition) is 3. The van der Waals surface area contributed by atoms with Gasteiger partial charge in [0.15, 0.2) is 17.3 Å². The van der Waals surface area contributed by atoms with Crippen molar-refractivity contribution in [2.75, 3.05) is 0 Å². The molecule has 3 heteroatoms. The summed E-state index contributed by atoms with van der Waals surface area (Å²) in [5.74, 6) is 0.0190. The molecule has 0 atom stereocenters. The van der Waals surface area contributed by atoms with Crippen LogP contribution >= 0.6 is 0 Å². The first kappa shape index (κ1) is 10.4. The number of ketones is 3. The molecule has 0 saturated heterocycles. The first-order chi connectivity index (χ1) is 8.05. The van der Waals surface area contributed by atoms with E-state index < -0.39 is 10.8 Å². The molecular formula is C14H12O3. The van der Waals surface area contributed by atoms with Gasteiger partial charge >= 0.3 is 0 Å². The number of carbonyl (C=O) groups is 3. The minimum absolute atomic E-state index is 0.00632. The van der Waals surface area contributed by atoms with Crippen LogP contribution in [0.25, 0.3) is 0 Å². The third-order valence-corrected chi connectivity index (χ3v) is 4.09. The maximum Gasteiger partial charge on any atom is 0.156 e. The second-order valence-electron chi connectivity index (χ2n) is 5.14. The largest absolute Gasteiger partial charge is 0.295 e. The summed E-state index contributed by atoms with van der Waals surface area (Å²) in [4.78, 5) is 34.9. The Morgan fingerprint density at radius 3 is 1.41 bits per heavy atom. The van der Waals surface area contributed by atoms with Crippen molar-refractivity contribution in [1.29, 1.82) is 0 Å². The van der Waals surface area contributed by atoms with Crippen molar-refractivity contribution in [1.82, 2.24) is 0 Å². The van der Waals surface area contributed by atoms with Crippen molar-refractivity contribution < 1.29 is 14.4 Å². The maximum absolute atomic E-state index is 11.6. The fourth-order valence-electron chi connectivity index (χ4n) is 3.21. The fraction of sp³-hybridized carbons (Fsp3) is 0.357. The van der Waals surface area contributed by atoms with Gasteiger partial charge in [0.1, 0.15) is 0 Å². The van der Waals surface area contributed by atoms with Crippen molar-refractivity contribution in [3.8, 4) is 0 Å². The molecular weight excluding hydrogens is 216 g/mol. The maximum atomic E-state index is 11.6. The van der Waals surface area contributed by atoms with Gasteiger partial charge in [-0.1, -0.05) is 18.2 Å². The van der Waals surface area contributed by atoms with E-state index in [0.29, 0.717) is 0 Å². The van der Waals surface area contributed by atoms with Gasteiger partial charge in [-0.15, -0.1) is 0 Å². The Morgan fingerprint density at radius 1 is 0.706 bits per heavy atom. The van der Waals surface area contributed by atoms with Gasteiger partial charge < -0.3 is 0 Å². The molecule has 3 rings (SSSR count). The van der Waals surface area contributed by atoms with Gasteiger partial charge in [-0.05, 0) is 18.2 Å². The lowest BCUT2D eigenvalue weighted by Crippen LogP contribution is -2.48. The summed E-state index contributed by atoms with van der Waals surface area (Å²) in [6, 6.07) is 0. The van der Waals surface area contributed by atoms with E-state index in [-0.39, 0.29) is 36.6 Å². The van der Waals surface area contributed by atoms with Crippen LogP contribution in [0.4, 0.5) is 0 Å². The van der Waals surface area contributed by atoms with E-state index in [9.17, 15) is 14.4 Å². The summed E-state index contributed by atoms with van der Waals surface area (Å²) >= 11 is 0. The monoisotopic (exact) mass is 228 g/mol. The van der Waals surface area contributed by atoms with Gasteiger partial charge in [-0.3, -0.25) is 14.4 Å². The Bertz CT molecular complexity index is 448. The Morgan fingerprint density at radius 2 is 1.06 bits per heavy atom. The highest BCUT2D eigenvalue weighted by Gasteiger charge is 2.54. The van der Waals surface area contributed by atoms with E-state index in [1.165, 1.54) is 0 Å². The average molecular weight is 228 g/mol. The highest BCUT2D eigenvalue weighted by molar-refractivity contribution is 6.00. The van der Waals surface area contributed by atoms with E-state index in [1.54, 1.807) is 18.2 Å². The minimum atomic E-state index is -0.545. The molecule has 0 aliphatic heterocycles. The lowest BCUT2D eigenvalue weighted by molar-refractivity contribution is -0.128. The van der Waals surface area contributed by atoms with E-state index in [0.717, 1.165) is 0 Å². The van der Waals surface area contributed by atoms with Gasteiger partial charge in [0, 0.05) is 30.1 Å². The van der Waals surface area contributed by atoms with Crippen LogP contribution in [0.5, 0.6) is 0 Å². The minimum Gasteiger partial charge on any atom is -0.295 e. The molecule has 3 aliphatic rings. The summed E-state index contributed by atoms with van der Waals surface area (Å²) < 4.78 is 0. The Hall–Kier alpha value is -1.77. The number of carbonyl (C=O) groups excluding carboxylic acids is 3. The van der Waals surface area contributed by atoms with Crippen molar-refractivity contribution in [3.05, 3.63) is 36.5 Å². The molecule has 3 aliphatic carbocycles. The third kappa shape index (κ3) is 1.32. The van der Waals surface area contributed by atoms with E-state index in [2.05, 4.69) is 0 Å². The van der Waals surface area contributed by atoms with Gasteiger partial charge in [0.2, 0.25) is 0 Å². The molecule has 0 aromatic heterocycles. The first-order valence-corrected chi connectivity index (χ1v) is 5.72. The van der Waals surface area contributed by atoms with E-state index in [4.69, 9.17) is 0 Å². The zero-order valence-corrected chi connectivity index (χ0v) is 9.31. The molecule has 0 spiro atoms. The molecule has 0 bridgehead atoms. The van der Waals surface area contributed by atoms with E-state index in [1.807, 2.05) is 18.2 Å². The Balaban J connectivity index is 2.24. The lowest BCUT2D eigenvalue weighted by Gasteiger charge is -2.50. The van der Waals surface area contributed by atoms with Crippen LogP contribution in [0.3, 0.4) is 0 Å². The van der Waals surface area contributed by atoms with Crippen LogP contribution in [-0.4, -0.2) is 17.3 Å². The summed E-state index contributed by atoms with van der Waals surface area (Å²) in [6.07, 6.45) is 11.1. The SMILES string of the molecule is O=C1C=CC23C=CC(=O)CC2(C1)CC(=O)C=C3. The van der Waals surface area contributed by atoms with Gasteiger partial charge in [0.05, 0.1) is 0 Å². The normalized spacial score (nSPS) is 39.2. The smallest absolute Gasteiger partial charge is 0.156 e. The van der Waals surface area contributed by atoms with Crippen molar-refractivity contribution >= 4 is 17.3 Å². The molecule has 0 fully saturated rings. The highest BCUT2D eigenvalue weighted by Crippen LogP contribution is 2.57. The third-order valence-electron chi connectivity index (χ3n) is 4.09. The quantitative estimate of drug-likeness (QED) is 0.632. The number of allylic oxidation sites excluding steroid dienone is 6.